The van der Waals surface area contributed by atoms with E-state index >= 15 is 0 Å². The molecule has 0 unspecified atom stereocenters. The fourth-order valence-electron chi connectivity index (χ4n) is 5.01. The number of hydrogen-bond donors (Lipinski definition) is 0. The third-order valence-electron chi connectivity index (χ3n) is 6.94. The van der Waals surface area contributed by atoms with Crippen LogP contribution in [0.15, 0.2) is 62.3 Å². The van der Waals surface area contributed by atoms with Crippen LogP contribution in [0.5, 0.6) is 0 Å². The summed E-state index contributed by atoms with van der Waals surface area (Å²) in [5.74, 6) is 0.0775. The van der Waals surface area contributed by atoms with Gasteiger partial charge < -0.3 is 9.80 Å². The summed E-state index contributed by atoms with van der Waals surface area (Å²) < 4.78 is 0. The summed E-state index contributed by atoms with van der Waals surface area (Å²) >= 11 is 9.41. The van der Waals surface area contributed by atoms with Crippen LogP contribution in [0.1, 0.15) is 46.0 Å². The first-order valence-electron chi connectivity index (χ1n) is 12.4. The van der Waals surface area contributed by atoms with Crippen molar-refractivity contribution >= 4 is 63.3 Å². The van der Waals surface area contributed by atoms with Gasteiger partial charge in [0.2, 0.25) is 0 Å². The van der Waals surface area contributed by atoms with Gasteiger partial charge in [0.05, 0.1) is 16.4 Å². The predicted octanol–water partition coefficient (Wildman–Crippen LogP) is 7.49. The molecule has 1 amide bonds. The Hall–Kier alpha value is -2.09. The van der Waals surface area contributed by atoms with Crippen molar-refractivity contribution in [3.8, 4) is 0 Å². The number of amides is 1. The van der Waals surface area contributed by atoms with Gasteiger partial charge in [-0.2, -0.15) is 0 Å². The number of aliphatic imine (C=N–C) groups is 1. The Balaban J connectivity index is 1.50. The van der Waals surface area contributed by atoms with E-state index in [1.165, 1.54) is 23.9 Å². The summed E-state index contributed by atoms with van der Waals surface area (Å²) in [6.07, 6.45) is 5.64. The second-order valence-electron chi connectivity index (χ2n) is 9.06. The highest BCUT2D eigenvalue weighted by Crippen LogP contribution is 2.51. The molecule has 35 heavy (non-hydrogen) atoms. The third kappa shape index (κ3) is 4.83. The second kappa shape index (κ2) is 10.5. The molecule has 2 fully saturated rings. The highest BCUT2D eigenvalue weighted by atomic mass is 35.5. The van der Waals surface area contributed by atoms with Crippen LogP contribution in [0.2, 0.25) is 5.02 Å². The molecule has 2 aromatic carbocycles. The number of halogens is 1. The lowest BCUT2D eigenvalue weighted by atomic mass is 9.94. The van der Waals surface area contributed by atoms with Gasteiger partial charge in [-0.15, -0.1) is 0 Å². The number of thioether (sulfide) groups is 2. The standard InChI is InChI=1S/C27H31ClN4OS2/c1-4-31(5-2)20-14-12-19(13-15-20)29-27-32(21-9-7-6-8-10-21)25(33)24(35-27)26-30(3)22-17-18(28)11-16-23(22)34-26/h11-17,21H,4-10H2,1-3H3/b26-24-,29-27?. The number of fused-ring (bicyclic) bond motifs is 1. The third-order valence-corrected chi connectivity index (χ3v) is 9.59. The van der Waals surface area contributed by atoms with Gasteiger partial charge in [0.1, 0.15) is 4.91 Å². The van der Waals surface area contributed by atoms with E-state index in [0.717, 1.165) is 70.1 Å². The van der Waals surface area contributed by atoms with Crippen LogP contribution in [0, 0.1) is 0 Å². The molecule has 0 bridgehead atoms. The summed E-state index contributed by atoms with van der Waals surface area (Å²) in [5.41, 5.74) is 3.12. The number of benzene rings is 2. The maximum atomic E-state index is 13.9. The molecule has 5 nitrogen and oxygen atoms in total. The van der Waals surface area contributed by atoms with Crippen LogP contribution in [0.25, 0.3) is 0 Å². The van der Waals surface area contributed by atoms with Crippen molar-refractivity contribution in [3.63, 3.8) is 0 Å². The topological polar surface area (TPSA) is 39.1 Å². The lowest BCUT2D eigenvalue weighted by Crippen LogP contribution is -2.40. The Morgan fingerprint density at radius 2 is 1.74 bits per heavy atom. The molecule has 3 aliphatic rings. The van der Waals surface area contributed by atoms with Crippen LogP contribution in [-0.4, -0.2) is 42.2 Å². The number of anilines is 2. The lowest BCUT2D eigenvalue weighted by Gasteiger charge is -2.30. The van der Waals surface area contributed by atoms with E-state index < -0.39 is 0 Å². The van der Waals surface area contributed by atoms with Gasteiger partial charge in [0.25, 0.3) is 5.91 Å². The van der Waals surface area contributed by atoms with Crippen molar-refractivity contribution in [2.45, 2.75) is 56.9 Å². The Kier molecular flexibility index (Phi) is 7.37. The quantitative estimate of drug-likeness (QED) is 0.377. The summed E-state index contributed by atoms with van der Waals surface area (Å²) in [6.45, 7) is 6.28. The first-order chi connectivity index (χ1) is 17.0. The van der Waals surface area contributed by atoms with Crippen LogP contribution >= 0.6 is 35.1 Å². The van der Waals surface area contributed by atoms with E-state index in [4.69, 9.17) is 16.6 Å². The highest BCUT2D eigenvalue weighted by Gasteiger charge is 2.42. The van der Waals surface area contributed by atoms with E-state index in [0.29, 0.717) is 5.02 Å². The van der Waals surface area contributed by atoms with Gasteiger partial charge in [-0.25, -0.2) is 4.99 Å². The Bertz CT molecular complexity index is 1170. The summed E-state index contributed by atoms with van der Waals surface area (Å²) in [4.78, 5) is 27.1. The molecule has 184 valence electrons. The van der Waals surface area contributed by atoms with Gasteiger partial charge >= 0.3 is 0 Å². The van der Waals surface area contributed by atoms with E-state index in [1.807, 2.05) is 30.1 Å². The van der Waals surface area contributed by atoms with Crippen LogP contribution in [0.4, 0.5) is 17.1 Å². The molecule has 0 radical (unpaired) electrons. The summed E-state index contributed by atoms with van der Waals surface area (Å²) in [5, 5.41) is 2.45. The van der Waals surface area contributed by atoms with Gasteiger partial charge in [-0.3, -0.25) is 9.69 Å². The van der Waals surface area contributed by atoms with Gasteiger partial charge in [-0.05, 0) is 80.9 Å². The van der Waals surface area contributed by atoms with E-state index in [-0.39, 0.29) is 11.9 Å². The monoisotopic (exact) mass is 526 g/mol. The summed E-state index contributed by atoms with van der Waals surface area (Å²) in [7, 11) is 2.01. The van der Waals surface area contributed by atoms with Crippen molar-refractivity contribution < 1.29 is 4.79 Å². The van der Waals surface area contributed by atoms with E-state index in [9.17, 15) is 4.79 Å². The number of carbonyl (C=O) groups excluding carboxylic acids is 1. The molecule has 0 spiro atoms. The lowest BCUT2D eigenvalue weighted by molar-refractivity contribution is -0.124. The number of carbonyl (C=O) groups is 1. The number of rotatable bonds is 5. The van der Waals surface area contributed by atoms with Crippen LogP contribution in [-0.2, 0) is 4.79 Å². The molecule has 1 aliphatic carbocycles. The summed E-state index contributed by atoms with van der Waals surface area (Å²) in [6, 6.07) is 14.5. The molecule has 2 aromatic rings. The second-order valence-corrected chi connectivity index (χ2v) is 11.5. The zero-order valence-electron chi connectivity index (χ0n) is 20.5. The van der Waals surface area contributed by atoms with Gasteiger partial charge in [0, 0.05) is 41.8 Å². The molecule has 0 aromatic heterocycles. The van der Waals surface area contributed by atoms with E-state index in [2.05, 4.69) is 47.9 Å². The van der Waals surface area contributed by atoms with Crippen molar-refractivity contribution in [3.05, 3.63) is 57.4 Å². The van der Waals surface area contributed by atoms with Crippen molar-refractivity contribution in [1.82, 2.24) is 4.90 Å². The fraction of sp³-hybridized carbons (Fsp3) is 0.407. The predicted molar refractivity (Wildman–Crippen MR) is 151 cm³/mol. The molecule has 2 aliphatic heterocycles. The molecule has 0 atom stereocenters. The van der Waals surface area contributed by atoms with Crippen molar-refractivity contribution in [2.75, 3.05) is 29.9 Å². The normalized spacial score (nSPS) is 21.8. The minimum absolute atomic E-state index is 0.0775. The molecule has 0 N–H and O–H groups in total. The molecule has 2 heterocycles. The average molecular weight is 527 g/mol. The van der Waals surface area contributed by atoms with Gasteiger partial charge in [0.15, 0.2) is 5.17 Å². The Morgan fingerprint density at radius 1 is 1.03 bits per heavy atom. The average Bonchev–Trinajstić information content (AvgIpc) is 3.37. The fourth-order valence-corrected chi connectivity index (χ4v) is 7.56. The number of amidine groups is 1. The van der Waals surface area contributed by atoms with Gasteiger partial charge in [-0.1, -0.05) is 42.6 Å². The molecular weight excluding hydrogens is 496 g/mol. The zero-order chi connectivity index (χ0) is 24.5. The minimum Gasteiger partial charge on any atom is -0.372 e. The first kappa shape index (κ1) is 24.6. The SMILES string of the molecule is CCN(CC)c1ccc(N=C2S/C(=C3\Sc4ccc(Cl)cc4N3C)C(=O)N2C2CCCCC2)cc1. The minimum atomic E-state index is 0.0775. The van der Waals surface area contributed by atoms with Crippen molar-refractivity contribution in [1.29, 1.82) is 0 Å². The highest BCUT2D eigenvalue weighted by molar-refractivity contribution is 8.19. The van der Waals surface area contributed by atoms with Crippen molar-refractivity contribution in [2.24, 2.45) is 4.99 Å². The molecule has 1 saturated heterocycles. The zero-order valence-corrected chi connectivity index (χ0v) is 22.8. The molecule has 1 saturated carbocycles. The van der Waals surface area contributed by atoms with Crippen LogP contribution < -0.4 is 9.80 Å². The molecular formula is C27H31ClN4OS2. The first-order valence-corrected chi connectivity index (χ1v) is 14.4. The van der Waals surface area contributed by atoms with Crippen LogP contribution in [0.3, 0.4) is 0 Å². The maximum Gasteiger partial charge on any atom is 0.269 e. The number of hydrogen-bond acceptors (Lipinski definition) is 6. The maximum absolute atomic E-state index is 13.9. The molecule has 8 heteroatoms. The molecule has 5 rings (SSSR count). The largest absolute Gasteiger partial charge is 0.372 e. The Morgan fingerprint density at radius 3 is 2.43 bits per heavy atom. The van der Waals surface area contributed by atoms with E-state index in [1.54, 1.807) is 11.8 Å². The Labute approximate surface area is 221 Å². The smallest absolute Gasteiger partial charge is 0.269 e. The number of nitrogens with zero attached hydrogens (tertiary/aromatic N) is 4.